The number of likely N-dealkylation sites (N-methyl/N-ethyl adjacent to an activating group) is 1. The Balaban J connectivity index is 1.94. The van der Waals surface area contributed by atoms with E-state index in [1.54, 1.807) is 46.9 Å². The summed E-state index contributed by atoms with van der Waals surface area (Å²) in [5.41, 5.74) is 11.9. The van der Waals surface area contributed by atoms with Crippen LogP contribution in [0, 0.1) is 17.8 Å². The van der Waals surface area contributed by atoms with Crippen LogP contribution in [-0.2, 0) is 51.2 Å². The van der Waals surface area contributed by atoms with Gasteiger partial charge >= 0.3 is 5.97 Å². The number of aliphatic imine (C=N–C) groups is 1. The van der Waals surface area contributed by atoms with Crippen LogP contribution in [0.4, 0.5) is 0 Å². The van der Waals surface area contributed by atoms with E-state index in [2.05, 4.69) is 52.2 Å². The van der Waals surface area contributed by atoms with Crippen molar-refractivity contribution in [3.63, 3.8) is 0 Å². The Bertz CT molecular complexity index is 2080. The molecule has 0 radical (unpaired) electrons. The first-order chi connectivity index (χ1) is 33.2. The lowest BCUT2D eigenvalue weighted by Gasteiger charge is -2.38. The van der Waals surface area contributed by atoms with Crippen LogP contribution < -0.4 is 48.7 Å². The van der Waals surface area contributed by atoms with Crippen molar-refractivity contribution in [1.29, 1.82) is 0 Å². The number of carboxylic acid groups (broad SMARTS) is 1. The number of carbonyl (C=O) groups is 8. The van der Waals surface area contributed by atoms with Gasteiger partial charge in [-0.15, -0.1) is 0 Å². The van der Waals surface area contributed by atoms with Gasteiger partial charge in [0.2, 0.25) is 41.4 Å². The van der Waals surface area contributed by atoms with Gasteiger partial charge in [-0.1, -0.05) is 66.5 Å². The Labute approximate surface area is 409 Å². The number of guanidine groups is 1. The number of nitrogens with zero attached hydrogens (tertiary/aromatic N) is 3. The minimum absolute atomic E-state index is 0.0363. The maximum atomic E-state index is 14.6. The lowest BCUT2D eigenvalue weighted by atomic mass is 9.95. The first kappa shape index (κ1) is 57.5. The van der Waals surface area contributed by atoms with Crippen LogP contribution in [0.1, 0.15) is 97.7 Å². The number of hydrogen-bond acceptors (Lipinski definition) is 12. The SMILES string of the molecule is CC[C@@H](C)[C@H](NC(=O)[C@H]1CCCCN1C(=O)[C@H](Cc1cnc[nH]1)NC(=O)[C@@H](NC(=O)[C@H](Cc1ccc(O)cc1)NC(=O)[C@@H](NC(=O)[C@H](CCCN=C(N)N)NC(=O)CNC)C(C)C)[C@@H](C)CC)C(=O)O. The molecule has 1 fully saturated rings. The maximum Gasteiger partial charge on any atom is 0.326 e. The molecule has 3 rings (SSSR count). The number of hydrogen-bond donors (Lipinski definition) is 12. The molecule has 70 heavy (non-hydrogen) atoms. The molecule has 0 saturated carbocycles. The van der Waals surface area contributed by atoms with Gasteiger partial charge in [0.25, 0.3) is 0 Å². The second-order valence-electron chi connectivity index (χ2n) is 18.2. The molecule has 2 heterocycles. The second kappa shape index (κ2) is 28.6. The summed E-state index contributed by atoms with van der Waals surface area (Å²) < 4.78 is 0. The number of aromatic amines is 1. The number of amides is 7. The summed E-state index contributed by atoms with van der Waals surface area (Å²) >= 11 is 0. The van der Waals surface area contributed by atoms with Gasteiger partial charge in [0.15, 0.2) is 5.96 Å². The van der Waals surface area contributed by atoms with Crippen LogP contribution in [-0.4, -0.2) is 147 Å². The Kier molecular flexibility index (Phi) is 23.5. The highest BCUT2D eigenvalue weighted by Crippen LogP contribution is 2.21. The third-order valence-corrected chi connectivity index (χ3v) is 12.4. The number of aromatic hydroxyl groups is 1. The minimum atomic E-state index is -1.35. The van der Waals surface area contributed by atoms with Crippen LogP contribution in [0.3, 0.4) is 0 Å². The monoisotopic (exact) mass is 982 g/mol. The molecule has 1 aliphatic heterocycles. The predicted molar refractivity (Wildman–Crippen MR) is 260 cm³/mol. The van der Waals surface area contributed by atoms with Gasteiger partial charge in [-0.2, -0.15) is 0 Å². The lowest BCUT2D eigenvalue weighted by molar-refractivity contribution is -0.148. The van der Waals surface area contributed by atoms with Crippen LogP contribution in [0.5, 0.6) is 5.75 Å². The van der Waals surface area contributed by atoms with E-state index in [0.29, 0.717) is 43.4 Å². The fraction of sp³-hybridized carbons (Fsp3) is 0.617. The van der Waals surface area contributed by atoms with E-state index in [-0.39, 0.29) is 62.9 Å². The topological polar surface area (TPSA) is 358 Å². The summed E-state index contributed by atoms with van der Waals surface area (Å²) in [5, 5.41) is 39.0. The zero-order chi connectivity index (χ0) is 52.1. The van der Waals surface area contributed by atoms with Crippen molar-refractivity contribution in [3.05, 3.63) is 48.0 Å². The molecule has 0 bridgehead atoms. The van der Waals surface area contributed by atoms with E-state index in [1.807, 2.05) is 13.8 Å². The summed E-state index contributed by atoms with van der Waals surface area (Å²) in [5.74, 6) is -7.38. The Morgan fingerprint density at radius 3 is 1.99 bits per heavy atom. The number of aromatic nitrogens is 2. The van der Waals surface area contributed by atoms with E-state index in [1.165, 1.54) is 29.6 Å². The van der Waals surface area contributed by atoms with Crippen molar-refractivity contribution in [3.8, 4) is 5.75 Å². The maximum absolute atomic E-state index is 14.6. The van der Waals surface area contributed by atoms with Gasteiger partial charge < -0.3 is 68.8 Å². The standard InChI is InChI=1S/C47H75N13O10/c1-8-27(5)38(44(67)56-34(22-30-23-51-25-53-30)45(68)60-20-11-10-14-35(60)42(65)59-39(46(69)70)28(6)9-2)58-41(64)33(21-29-15-17-31(61)18-16-29)55-43(66)37(26(3)4)57-40(63)32(54-36(62)24-50-7)13-12-19-52-47(48)49/h15-18,23,25-28,32-35,37-39,50,61H,8-14,19-22,24H2,1-7H3,(H,51,53)(H,54,62)(H,55,66)(H,56,67)(H,57,63)(H,58,64)(H,59,65)(H,69,70)(H4,48,49,52)/t27-,28+,32-,33-,34-,35+,37-,38-,39-/m0/s1. The molecule has 1 aromatic heterocycles. The molecule has 9 atom stereocenters. The van der Waals surface area contributed by atoms with Gasteiger partial charge in [0, 0.05) is 37.8 Å². The fourth-order valence-electron chi connectivity index (χ4n) is 7.94. The molecule has 1 aliphatic rings. The number of piperidine rings is 1. The van der Waals surface area contributed by atoms with Crippen LogP contribution in [0.15, 0.2) is 41.8 Å². The van der Waals surface area contributed by atoms with Crippen molar-refractivity contribution < 1.29 is 48.6 Å². The number of H-pyrrole nitrogens is 1. The molecule has 0 spiro atoms. The van der Waals surface area contributed by atoms with Crippen molar-refractivity contribution in [2.45, 2.75) is 142 Å². The second-order valence-corrected chi connectivity index (χ2v) is 18.2. The summed E-state index contributed by atoms with van der Waals surface area (Å²) in [6.45, 7) is 10.7. The van der Waals surface area contributed by atoms with Crippen molar-refractivity contribution in [2.24, 2.45) is 34.2 Å². The fourth-order valence-corrected chi connectivity index (χ4v) is 7.94. The van der Waals surface area contributed by atoms with Crippen LogP contribution in [0.25, 0.3) is 0 Å². The molecular formula is C47H75N13O10. The number of carbonyl (C=O) groups excluding carboxylic acids is 7. The molecule has 0 unspecified atom stereocenters. The van der Waals surface area contributed by atoms with E-state index in [9.17, 15) is 48.6 Å². The average molecular weight is 982 g/mol. The summed E-state index contributed by atoms with van der Waals surface area (Å²) in [6, 6.07) is -2.39. The van der Waals surface area contributed by atoms with Crippen LogP contribution in [0.2, 0.25) is 0 Å². The highest BCUT2D eigenvalue weighted by molar-refractivity contribution is 5.98. The zero-order valence-corrected chi connectivity index (χ0v) is 41.4. The number of rotatable bonds is 28. The molecule has 1 aromatic carbocycles. The van der Waals surface area contributed by atoms with Crippen molar-refractivity contribution in [2.75, 3.05) is 26.7 Å². The van der Waals surface area contributed by atoms with Crippen LogP contribution >= 0.6 is 0 Å². The summed E-state index contributed by atoms with van der Waals surface area (Å²) in [6.07, 6.45) is 5.47. The quantitative estimate of drug-likeness (QED) is 0.0285. The van der Waals surface area contributed by atoms with E-state index < -0.39 is 101 Å². The van der Waals surface area contributed by atoms with Crippen molar-refractivity contribution >= 4 is 53.3 Å². The molecule has 14 N–H and O–H groups in total. The molecule has 1 saturated heterocycles. The Hall–Kier alpha value is -6.78. The first-order valence-electron chi connectivity index (χ1n) is 24.0. The molecule has 0 aliphatic carbocycles. The number of nitrogens with two attached hydrogens (primary N) is 2. The number of imidazole rings is 1. The number of nitrogens with one attached hydrogen (secondary N) is 8. The molecule has 23 nitrogen and oxygen atoms in total. The lowest BCUT2D eigenvalue weighted by Crippen LogP contribution is -2.63. The van der Waals surface area contributed by atoms with Gasteiger partial charge in [0.05, 0.1) is 12.9 Å². The summed E-state index contributed by atoms with van der Waals surface area (Å²) in [7, 11) is 1.57. The van der Waals surface area contributed by atoms with Gasteiger partial charge in [-0.05, 0) is 74.6 Å². The Morgan fingerprint density at radius 1 is 0.786 bits per heavy atom. The van der Waals surface area contributed by atoms with Gasteiger partial charge in [0.1, 0.15) is 48.0 Å². The number of benzene rings is 1. The highest BCUT2D eigenvalue weighted by Gasteiger charge is 2.40. The van der Waals surface area contributed by atoms with Gasteiger partial charge in [-0.3, -0.25) is 38.6 Å². The highest BCUT2D eigenvalue weighted by atomic mass is 16.4. The third-order valence-electron chi connectivity index (χ3n) is 12.4. The molecule has 7 amide bonds. The van der Waals surface area contributed by atoms with E-state index >= 15 is 0 Å². The summed E-state index contributed by atoms with van der Waals surface area (Å²) in [4.78, 5) is 122. The molecule has 388 valence electrons. The minimum Gasteiger partial charge on any atom is -0.508 e. The largest absolute Gasteiger partial charge is 0.508 e. The van der Waals surface area contributed by atoms with Crippen molar-refractivity contribution in [1.82, 2.24) is 52.1 Å². The third kappa shape index (κ3) is 17.9. The number of carboxylic acids is 1. The molecule has 2 aromatic rings. The number of aliphatic carboxylic acids is 1. The predicted octanol–water partition coefficient (Wildman–Crippen LogP) is -0.704. The first-order valence-corrected chi connectivity index (χ1v) is 24.0. The van der Waals surface area contributed by atoms with E-state index in [4.69, 9.17) is 11.5 Å². The molecular weight excluding hydrogens is 907 g/mol. The average Bonchev–Trinajstić information content (AvgIpc) is 3.84. The van der Waals surface area contributed by atoms with Gasteiger partial charge in [-0.25, -0.2) is 9.78 Å². The normalized spacial score (nSPS) is 17.0. The molecule has 23 heteroatoms. The number of phenols is 1. The van der Waals surface area contributed by atoms with E-state index in [0.717, 1.165) is 0 Å². The smallest absolute Gasteiger partial charge is 0.326 e. The number of phenolic OH excluding ortho intramolecular Hbond substituents is 1. The number of likely N-dealkylation sites (tertiary alicyclic amines) is 1. The zero-order valence-electron chi connectivity index (χ0n) is 41.4. The Morgan fingerprint density at radius 2 is 1.40 bits per heavy atom.